The molecule has 1 aromatic heterocycles. The topological polar surface area (TPSA) is 77.1 Å². The molecule has 0 aliphatic carbocycles. The molecule has 0 aliphatic heterocycles. The lowest BCUT2D eigenvalue weighted by molar-refractivity contribution is -0.126. The fraction of sp³-hybridized carbons (Fsp3) is 0.368. The SMILES string of the molecule is CCCC(C)(N)C(=O)NCc1ccc(Cn2ccccc2=O)cc1. The van der Waals surface area contributed by atoms with Crippen molar-refractivity contribution in [2.45, 2.75) is 45.3 Å². The minimum Gasteiger partial charge on any atom is -0.350 e. The largest absolute Gasteiger partial charge is 0.350 e. The average Bonchev–Trinajstić information content (AvgIpc) is 2.56. The van der Waals surface area contributed by atoms with E-state index in [1.165, 1.54) is 0 Å². The highest BCUT2D eigenvalue weighted by molar-refractivity contribution is 5.85. The second-order valence-corrected chi connectivity index (χ2v) is 6.33. The van der Waals surface area contributed by atoms with Crippen molar-refractivity contribution in [2.75, 3.05) is 0 Å². The van der Waals surface area contributed by atoms with Crippen LogP contribution in [-0.2, 0) is 17.9 Å². The summed E-state index contributed by atoms with van der Waals surface area (Å²) >= 11 is 0. The van der Waals surface area contributed by atoms with Gasteiger partial charge < -0.3 is 15.6 Å². The summed E-state index contributed by atoms with van der Waals surface area (Å²) in [6.07, 6.45) is 3.30. The Balaban J connectivity index is 1.94. The van der Waals surface area contributed by atoms with Gasteiger partial charge in [-0.25, -0.2) is 0 Å². The van der Waals surface area contributed by atoms with Crippen molar-refractivity contribution in [3.63, 3.8) is 0 Å². The molecule has 128 valence electrons. The minimum atomic E-state index is -0.830. The first-order valence-corrected chi connectivity index (χ1v) is 8.23. The van der Waals surface area contributed by atoms with Crippen LogP contribution in [0.15, 0.2) is 53.5 Å². The molecule has 1 amide bonds. The van der Waals surface area contributed by atoms with Crippen LogP contribution in [0.4, 0.5) is 0 Å². The Labute approximate surface area is 142 Å². The molecule has 1 atom stereocenters. The molecule has 1 aromatic carbocycles. The number of rotatable bonds is 7. The normalized spacial score (nSPS) is 13.3. The van der Waals surface area contributed by atoms with Gasteiger partial charge in [-0.15, -0.1) is 0 Å². The number of hydrogen-bond donors (Lipinski definition) is 2. The molecule has 0 aliphatic rings. The first kappa shape index (κ1) is 17.9. The number of aromatic nitrogens is 1. The Bertz CT molecular complexity index is 733. The van der Waals surface area contributed by atoms with Gasteiger partial charge in [-0.3, -0.25) is 9.59 Å². The van der Waals surface area contributed by atoms with Crippen LogP contribution in [0.2, 0.25) is 0 Å². The highest BCUT2D eigenvalue weighted by atomic mass is 16.2. The van der Waals surface area contributed by atoms with Crippen LogP contribution in [0.1, 0.15) is 37.8 Å². The van der Waals surface area contributed by atoms with Gasteiger partial charge in [0.2, 0.25) is 5.91 Å². The first-order chi connectivity index (χ1) is 11.4. The van der Waals surface area contributed by atoms with E-state index in [9.17, 15) is 9.59 Å². The van der Waals surface area contributed by atoms with E-state index >= 15 is 0 Å². The number of benzene rings is 1. The molecule has 0 bridgehead atoms. The third-order valence-electron chi connectivity index (χ3n) is 4.02. The van der Waals surface area contributed by atoms with E-state index in [-0.39, 0.29) is 11.5 Å². The number of nitrogens with zero attached hydrogens (tertiary/aromatic N) is 1. The molecule has 0 saturated heterocycles. The summed E-state index contributed by atoms with van der Waals surface area (Å²) in [4.78, 5) is 23.8. The zero-order chi connectivity index (χ0) is 17.6. The third-order valence-corrected chi connectivity index (χ3v) is 4.02. The van der Waals surface area contributed by atoms with Crippen LogP contribution in [0.3, 0.4) is 0 Å². The van der Waals surface area contributed by atoms with Crippen LogP contribution >= 0.6 is 0 Å². The third kappa shape index (κ3) is 4.80. The predicted molar refractivity (Wildman–Crippen MR) is 95.6 cm³/mol. The molecule has 1 unspecified atom stereocenters. The van der Waals surface area contributed by atoms with Crippen molar-refractivity contribution < 1.29 is 4.79 Å². The zero-order valence-electron chi connectivity index (χ0n) is 14.3. The summed E-state index contributed by atoms with van der Waals surface area (Å²) < 4.78 is 1.65. The standard InChI is InChI=1S/C19H25N3O2/c1-3-11-19(2,20)18(24)21-13-15-7-9-16(10-8-15)14-22-12-5-4-6-17(22)23/h4-10,12H,3,11,13-14,20H2,1-2H3,(H,21,24). The molecule has 2 rings (SSSR count). The van der Waals surface area contributed by atoms with Gasteiger partial charge in [0.1, 0.15) is 0 Å². The van der Waals surface area contributed by atoms with Gasteiger partial charge in [-0.1, -0.05) is 43.7 Å². The molecule has 0 spiro atoms. The van der Waals surface area contributed by atoms with Gasteiger partial charge in [0.05, 0.1) is 12.1 Å². The van der Waals surface area contributed by atoms with E-state index in [2.05, 4.69) is 5.32 Å². The molecule has 0 saturated carbocycles. The monoisotopic (exact) mass is 327 g/mol. The second-order valence-electron chi connectivity index (χ2n) is 6.33. The van der Waals surface area contributed by atoms with Crippen LogP contribution < -0.4 is 16.6 Å². The maximum atomic E-state index is 12.1. The molecule has 3 N–H and O–H groups in total. The van der Waals surface area contributed by atoms with Gasteiger partial charge in [-0.05, 0) is 30.5 Å². The van der Waals surface area contributed by atoms with Gasteiger partial charge in [0.15, 0.2) is 0 Å². The molecule has 0 fully saturated rings. The van der Waals surface area contributed by atoms with Crippen LogP contribution in [0.25, 0.3) is 0 Å². The van der Waals surface area contributed by atoms with Crippen molar-refractivity contribution in [3.8, 4) is 0 Å². The van der Waals surface area contributed by atoms with Crippen LogP contribution in [0.5, 0.6) is 0 Å². The summed E-state index contributed by atoms with van der Waals surface area (Å²) in [6, 6.07) is 13.0. The van der Waals surface area contributed by atoms with Crippen LogP contribution in [-0.4, -0.2) is 16.0 Å². The maximum Gasteiger partial charge on any atom is 0.250 e. The number of pyridine rings is 1. The Kier molecular flexibility index (Phi) is 5.93. The zero-order valence-corrected chi connectivity index (χ0v) is 14.3. The lowest BCUT2D eigenvalue weighted by atomic mass is 9.96. The number of amides is 1. The quantitative estimate of drug-likeness (QED) is 0.817. The molecule has 5 heteroatoms. The van der Waals surface area contributed by atoms with Crippen molar-refractivity contribution in [1.29, 1.82) is 0 Å². The second kappa shape index (κ2) is 7.93. The molecule has 24 heavy (non-hydrogen) atoms. The molecule has 0 radical (unpaired) electrons. The van der Waals surface area contributed by atoms with Crippen molar-refractivity contribution in [2.24, 2.45) is 5.73 Å². The fourth-order valence-electron chi connectivity index (χ4n) is 2.57. The van der Waals surface area contributed by atoms with E-state index in [1.54, 1.807) is 29.8 Å². The molecular formula is C19H25N3O2. The number of nitrogens with two attached hydrogens (primary N) is 1. The van der Waals surface area contributed by atoms with Crippen molar-refractivity contribution >= 4 is 5.91 Å². The molecule has 2 aromatic rings. The van der Waals surface area contributed by atoms with Crippen LogP contribution in [0, 0.1) is 0 Å². The van der Waals surface area contributed by atoms with Crippen molar-refractivity contribution in [1.82, 2.24) is 9.88 Å². The smallest absolute Gasteiger partial charge is 0.250 e. The van der Waals surface area contributed by atoms with E-state index in [0.717, 1.165) is 17.5 Å². The number of hydrogen-bond acceptors (Lipinski definition) is 3. The number of nitrogens with one attached hydrogen (secondary N) is 1. The van der Waals surface area contributed by atoms with Gasteiger partial charge in [0, 0.05) is 18.8 Å². The molecule has 1 heterocycles. The summed E-state index contributed by atoms with van der Waals surface area (Å²) in [6.45, 7) is 4.74. The highest BCUT2D eigenvalue weighted by Crippen LogP contribution is 2.10. The molecule has 5 nitrogen and oxygen atoms in total. The first-order valence-electron chi connectivity index (χ1n) is 8.23. The van der Waals surface area contributed by atoms with Crippen molar-refractivity contribution in [3.05, 3.63) is 70.1 Å². The predicted octanol–water partition coefficient (Wildman–Crippen LogP) is 2.03. The Morgan fingerprint density at radius 2 is 1.83 bits per heavy atom. The van der Waals surface area contributed by atoms with Gasteiger partial charge >= 0.3 is 0 Å². The Morgan fingerprint density at radius 1 is 1.17 bits per heavy atom. The number of carbonyl (C=O) groups is 1. The summed E-state index contributed by atoms with van der Waals surface area (Å²) in [5, 5.41) is 2.88. The molecular weight excluding hydrogens is 302 g/mol. The van der Waals surface area contributed by atoms with E-state index in [1.807, 2.05) is 37.3 Å². The van der Waals surface area contributed by atoms with E-state index < -0.39 is 5.54 Å². The average molecular weight is 327 g/mol. The summed E-state index contributed by atoms with van der Waals surface area (Å²) in [7, 11) is 0. The van der Waals surface area contributed by atoms with Gasteiger partial charge in [0.25, 0.3) is 5.56 Å². The maximum absolute atomic E-state index is 12.1. The minimum absolute atomic E-state index is 0.0213. The summed E-state index contributed by atoms with van der Waals surface area (Å²) in [5.74, 6) is -0.135. The van der Waals surface area contributed by atoms with Gasteiger partial charge in [-0.2, -0.15) is 0 Å². The lowest BCUT2D eigenvalue weighted by Gasteiger charge is -2.22. The summed E-state index contributed by atoms with van der Waals surface area (Å²) in [5.41, 5.74) is 7.20. The Hall–Kier alpha value is -2.40. The lowest BCUT2D eigenvalue weighted by Crippen LogP contribution is -2.51. The highest BCUT2D eigenvalue weighted by Gasteiger charge is 2.26. The number of carbonyl (C=O) groups excluding carboxylic acids is 1. The fourth-order valence-corrected chi connectivity index (χ4v) is 2.57. The van der Waals surface area contributed by atoms with E-state index in [4.69, 9.17) is 5.73 Å². The van der Waals surface area contributed by atoms with E-state index in [0.29, 0.717) is 19.5 Å². The Morgan fingerprint density at radius 3 is 2.46 bits per heavy atom.